The number of hydrogen-bond donors (Lipinski definition) is 2. The molecule has 0 aromatic carbocycles. The Morgan fingerprint density at radius 3 is 1.24 bits per heavy atom. The molecule has 3 N–H and O–H groups in total. The monoisotopic (exact) mass is 964 g/mol. The number of phosphoric ester groups is 1. The van der Waals surface area contributed by atoms with E-state index in [1.807, 2.05) is 0 Å². The molecule has 10 heteroatoms. The second kappa shape index (κ2) is 53.3. The summed E-state index contributed by atoms with van der Waals surface area (Å²) < 4.78 is 33.0. The number of phosphoric acid groups is 1. The normalized spacial score (nSPS) is 13.4. The van der Waals surface area contributed by atoms with Crippen LogP contribution < -0.4 is 5.73 Å². The third-order valence-corrected chi connectivity index (χ3v) is 13.2. The molecule has 9 nitrogen and oxygen atoms in total. The molecule has 0 amide bonds. The molecular formula is C57H106NO8P. The maximum absolute atomic E-state index is 12.7. The molecule has 0 aromatic rings. The van der Waals surface area contributed by atoms with E-state index in [2.05, 4.69) is 62.5 Å². The minimum atomic E-state index is -4.39. The zero-order valence-electron chi connectivity index (χ0n) is 43.6. The molecule has 0 rings (SSSR count). The van der Waals surface area contributed by atoms with Crippen LogP contribution in [0.1, 0.15) is 271 Å². The van der Waals surface area contributed by atoms with Gasteiger partial charge in [0.05, 0.1) is 13.2 Å². The van der Waals surface area contributed by atoms with E-state index in [4.69, 9.17) is 24.3 Å². The number of rotatable bonds is 53. The zero-order chi connectivity index (χ0) is 48.8. The first-order valence-corrected chi connectivity index (χ1v) is 29.6. The van der Waals surface area contributed by atoms with Gasteiger partial charge in [-0.1, -0.05) is 236 Å². The van der Waals surface area contributed by atoms with E-state index in [0.29, 0.717) is 6.42 Å². The van der Waals surface area contributed by atoms with Gasteiger partial charge in [-0.2, -0.15) is 0 Å². The second-order valence-corrected chi connectivity index (χ2v) is 20.2. The lowest BCUT2D eigenvalue weighted by Gasteiger charge is -2.19. The highest BCUT2D eigenvalue weighted by Gasteiger charge is 2.26. The minimum absolute atomic E-state index is 0.0513. The topological polar surface area (TPSA) is 134 Å². The zero-order valence-corrected chi connectivity index (χ0v) is 44.5. The number of hydrogen-bond acceptors (Lipinski definition) is 8. The highest BCUT2D eigenvalue weighted by molar-refractivity contribution is 7.47. The van der Waals surface area contributed by atoms with Crippen LogP contribution in [0.4, 0.5) is 0 Å². The van der Waals surface area contributed by atoms with Crippen molar-refractivity contribution >= 4 is 19.8 Å². The third kappa shape index (κ3) is 53.2. The van der Waals surface area contributed by atoms with Crippen LogP contribution in [0.15, 0.2) is 48.6 Å². The summed E-state index contributed by atoms with van der Waals surface area (Å²) in [6, 6.07) is 0. The molecule has 2 unspecified atom stereocenters. The molecule has 0 heterocycles. The highest BCUT2D eigenvalue weighted by Crippen LogP contribution is 2.43. The van der Waals surface area contributed by atoms with E-state index in [9.17, 15) is 19.0 Å². The lowest BCUT2D eigenvalue weighted by Crippen LogP contribution is -2.29. The summed E-state index contributed by atoms with van der Waals surface area (Å²) in [7, 11) is -4.39. The van der Waals surface area contributed by atoms with Gasteiger partial charge in [-0.3, -0.25) is 18.6 Å². The lowest BCUT2D eigenvalue weighted by molar-refractivity contribution is -0.161. The van der Waals surface area contributed by atoms with Gasteiger partial charge >= 0.3 is 19.8 Å². The maximum Gasteiger partial charge on any atom is 0.472 e. The Morgan fingerprint density at radius 1 is 0.463 bits per heavy atom. The fraction of sp³-hybridized carbons (Fsp3) is 0.825. The molecule has 67 heavy (non-hydrogen) atoms. The molecule has 2 atom stereocenters. The second-order valence-electron chi connectivity index (χ2n) is 18.8. The minimum Gasteiger partial charge on any atom is -0.462 e. The van der Waals surface area contributed by atoms with Gasteiger partial charge in [0.2, 0.25) is 0 Å². The SMILES string of the molecule is CC/C=C\C/C=C\C/C=C\CCCCCCCCCC(=O)OC(COC(=O)CCCCCCCCCCCCCCCCCCC/C=C\CCCCCCCCCC)COP(=O)(O)OCCN. The summed E-state index contributed by atoms with van der Waals surface area (Å²) in [5.41, 5.74) is 5.37. The molecule has 0 aliphatic rings. The van der Waals surface area contributed by atoms with Crippen molar-refractivity contribution < 1.29 is 37.6 Å². The molecule has 0 aromatic heterocycles. The van der Waals surface area contributed by atoms with Crippen molar-refractivity contribution in [3.8, 4) is 0 Å². The van der Waals surface area contributed by atoms with Gasteiger partial charge < -0.3 is 20.1 Å². The average molecular weight is 964 g/mol. The van der Waals surface area contributed by atoms with Gasteiger partial charge in [-0.05, 0) is 70.6 Å². The van der Waals surface area contributed by atoms with E-state index in [-0.39, 0.29) is 38.6 Å². The summed E-state index contributed by atoms with van der Waals surface area (Å²) in [5, 5.41) is 0. The fourth-order valence-electron chi connectivity index (χ4n) is 8.06. The Labute approximate surface area is 413 Å². The largest absolute Gasteiger partial charge is 0.472 e. The van der Waals surface area contributed by atoms with E-state index < -0.39 is 26.5 Å². The van der Waals surface area contributed by atoms with Crippen molar-refractivity contribution in [2.24, 2.45) is 5.73 Å². The van der Waals surface area contributed by atoms with Gasteiger partial charge in [0.15, 0.2) is 6.10 Å². The maximum atomic E-state index is 12.7. The summed E-state index contributed by atoms with van der Waals surface area (Å²) in [5.74, 6) is -0.830. The number of nitrogens with two attached hydrogens (primary N) is 1. The molecular weight excluding hydrogens is 858 g/mol. The van der Waals surface area contributed by atoms with Crippen LogP contribution >= 0.6 is 7.82 Å². The van der Waals surface area contributed by atoms with Crippen LogP contribution in [0.2, 0.25) is 0 Å². The molecule has 0 saturated heterocycles. The van der Waals surface area contributed by atoms with Gasteiger partial charge in [0.25, 0.3) is 0 Å². The Balaban J connectivity index is 3.91. The quantitative estimate of drug-likeness (QED) is 0.0264. The standard InChI is InChI=1S/C57H106NO8P/c1-3-5-7-9-11-13-15-17-19-21-22-23-24-25-26-27-28-29-30-31-32-34-35-37-39-41-43-45-47-49-56(59)63-53-55(54-65-67(61,62)64-52-51-58)66-57(60)50-48-46-44-42-40-38-36-33-20-18-16-14-12-10-8-6-4-2/h6,8,12,14,18,20-22,55H,3-5,7,9-11,13,15-17,19,23-54,58H2,1-2H3,(H,61,62)/b8-6-,14-12-,20-18-,22-21-. The molecule has 0 saturated carbocycles. The number of ether oxygens (including phenoxy) is 2. The average Bonchev–Trinajstić information content (AvgIpc) is 3.32. The molecule has 0 fully saturated rings. The van der Waals surface area contributed by atoms with Crippen molar-refractivity contribution in [3.05, 3.63) is 48.6 Å². The fourth-order valence-corrected chi connectivity index (χ4v) is 8.82. The van der Waals surface area contributed by atoms with Crippen LogP contribution in [-0.4, -0.2) is 49.3 Å². The van der Waals surface area contributed by atoms with Gasteiger partial charge in [-0.25, -0.2) is 4.57 Å². The van der Waals surface area contributed by atoms with Crippen LogP contribution in [0, 0.1) is 0 Å². The summed E-state index contributed by atoms with van der Waals surface area (Å²) in [6.07, 6.45) is 64.6. The van der Waals surface area contributed by atoms with Crippen LogP contribution in [0.5, 0.6) is 0 Å². The molecule has 0 aliphatic heterocycles. The molecule has 0 spiro atoms. The van der Waals surface area contributed by atoms with Crippen molar-refractivity contribution in [1.82, 2.24) is 0 Å². The lowest BCUT2D eigenvalue weighted by atomic mass is 10.0. The van der Waals surface area contributed by atoms with Gasteiger partial charge in [0.1, 0.15) is 6.61 Å². The molecule has 0 bridgehead atoms. The Morgan fingerprint density at radius 2 is 0.821 bits per heavy atom. The van der Waals surface area contributed by atoms with E-state index >= 15 is 0 Å². The predicted octanol–water partition coefficient (Wildman–Crippen LogP) is 17.4. The number of carbonyl (C=O) groups excluding carboxylic acids is 2. The summed E-state index contributed by atoms with van der Waals surface area (Å²) in [4.78, 5) is 35.1. The molecule has 0 aliphatic carbocycles. The van der Waals surface area contributed by atoms with Crippen molar-refractivity contribution in [3.63, 3.8) is 0 Å². The Bertz CT molecular complexity index is 1240. The van der Waals surface area contributed by atoms with Crippen LogP contribution in [0.3, 0.4) is 0 Å². The molecule has 0 radical (unpaired) electrons. The predicted molar refractivity (Wildman–Crippen MR) is 284 cm³/mol. The Hall–Kier alpha value is -2.03. The smallest absolute Gasteiger partial charge is 0.462 e. The summed E-state index contributed by atoms with van der Waals surface area (Å²) >= 11 is 0. The van der Waals surface area contributed by atoms with Gasteiger partial charge in [-0.15, -0.1) is 0 Å². The van der Waals surface area contributed by atoms with E-state index in [1.54, 1.807) is 0 Å². The molecule has 392 valence electrons. The van der Waals surface area contributed by atoms with E-state index in [1.165, 1.54) is 173 Å². The first-order valence-electron chi connectivity index (χ1n) is 28.1. The number of carbonyl (C=O) groups is 2. The van der Waals surface area contributed by atoms with Crippen LogP contribution in [0.25, 0.3) is 0 Å². The summed E-state index contributed by atoms with van der Waals surface area (Å²) in [6.45, 7) is 3.65. The number of allylic oxidation sites excluding steroid dienone is 8. The number of esters is 2. The first-order chi connectivity index (χ1) is 32.8. The van der Waals surface area contributed by atoms with Crippen molar-refractivity contribution in [2.75, 3.05) is 26.4 Å². The van der Waals surface area contributed by atoms with E-state index in [0.717, 1.165) is 64.2 Å². The van der Waals surface area contributed by atoms with Gasteiger partial charge in [0, 0.05) is 19.4 Å². The number of unbranched alkanes of at least 4 members (excludes halogenated alkanes) is 32. The van der Waals surface area contributed by atoms with Crippen LogP contribution in [-0.2, 0) is 32.7 Å². The first kappa shape index (κ1) is 65.0. The van der Waals surface area contributed by atoms with Crippen molar-refractivity contribution in [2.45, 2.75) is 277 Å². The third-order valence-electron chi connectivity index (χ3n) is 12.2. The van der Waals surface area contributed by atoms with Crippen molar-refractivity contribution in [1.29, 1.82) is 0 Å². The highest BCUT2D eigenvalue weighted by atomic mass is 31.2. The Kier molecular flexibility index (Phi) is 51.7.